The van der Waals surface area contributed by atoms with Crippen molar-refractivity contribution in [3.05, 3.63) is 83.4 Å². The van der Waals surface area contributed by atoms with Crippen LogP contribution >= 0.6 is 0 Å². The molecule has 3 aromatic rings. The molecule has 0 unspecified atom stereocenters. The average molecular weight is 471 g/mol. The van der Waals surface area contributed by atoms with Gasteiger partial charge in [-0.1, -0.05) is 36.4 Å². The summed E-state index contributed by atoms with van der Waals surface area (Å²) in [7, 11) is -0.850. The summed E-state index contributed by atoms with van der Waals surface area (Å²) < 4.78 is 39.1. The lowest BCUT2D eigenvalue weighted by Crippen LogP contribution is -2.25. The molecule has 0 bridgehead atoms. The number of carbonyl (C=O) groups is 1. The second kappa shape index (κ2) is 10.8. The Bertz CT molecular complexity index is 1210. The molecule has 0 heterocycles. The molecule has 174 valence electrons. The minimum atomic E-state index is -3.97. The van der Waals surface area contributed by atoms with Crippen LogP contribution in [0.25, 0.3) is 0 Å². The van der Waals surface area contributed by atoms with Gasteiger partial charge in [0.15, 0.2) is 11.5 Å². The Hall–Kier alpha value is -3.56. The Kier molecular flexibility index (Phi) is 7.92. The topological polar surface area (TPSA) is 114 Å². The van der Waals surface area contributed by atoms with Gasteiger partial charge in [-0.3, -0.25) is 0 Å². The van der Waals surface area contributed by atoms with E-state index in [0.29, 0.717) is 30.2 Å². The molecule has 0 saturated carbocycles. The monoisotopic (exact) mass is 470 g/mol. The molecule has 0 radical (unpaired) electrons. The van der Waals surface area contributed by atoms with E-state index in [4.69, 9.17) is 9.47 Å². The van der Waals surface area contributed by atoms with Crippen molar-refractivity contribution in [3.8, 4) is 11.5 Å². The molecule has 8 nitrogen and oxygen atoms in total. The molecule has 0 spiro atoms. The summed E-state index contributed by atoms with van der Waals surface area (Å²) in [5, 5.41) is 12.4. The second-order valence-corrected chi connectivity index (χ2v) is 8.93. The SMILES string of the molecule is COc1ccc(CCNc2ccc(C(=O)O)cc2S(=O)(=O)NCc2ccccc2)cc1OC. The van der Waals surface area contributed by atoms with Crippen LogP contribution in [0.4, 0.5) is 5.69 Å². The first kappa shape index (κ1) is 24.1. The molecule has 0 fully saturated rings. The molecule has 3 aromatic carbocycles. The van der Waals surface area contributed by atoms with Gasteiger partial charge >= 0.3 is 5.97 Å². The maximum atomic E-state index is 13.0. The number of methoxy groups -OCH3 is 2. The molecule has 0 saturated heterocycles. The highest BCUT2D eigenvalue weighted by molar-refractivity contribution is 7.89. The van der Waals surface area contributed by atoms with E-state index in [1.54, 1.807) is 32.4 Å². The van der Waals surface area contributed by atoms with Crippen LogP contribution in [0.15, 0.2) is 71.6 Å². The number of rotatable bonds is 11. The summed E-state index contributed by atoms with van der Waals surface area (Å²) in [4.78, 5) is 11.3. The minimum absolute atomic E-state index is 0.0888. The van der Waals surface area contributed by atoms with Crippen LogP contribution < -0.4 is 19.5 Å². The third-order valence-electron chi connectivity index (χ3n) is 5.00. The highest BCUT2D eigenvalue weighted by Gasteiger charge is 2.21. The molecule has 0 atom stereocenters. The number of aromatic carboxylic acids is 1. The van der Waals surface area contributed by atoms with Crippen molar-refractivity contribution in [3.63, 3.8) is 0 Å². The molecule has 9 heteroatoms. The lowest BCUT2D eigenvalue weighted by atomic mass is 10.1. The van der Waals surface area contributed by atoms with Gasteiger partial charge in [0.2, 0.25) is 10.0 Å². The van der Waals surface area contributed by atoms with E-state index < -0.39 is 16.0 Å². The molecule has 0 aliphatic carbocycles. The fourth-order valence-electron chi connectivity index (χ4n) is 3.25. The van der Waals surface area contributed by atoms with Crippen LogP contribution in [0, 0.1) is 0 Å². The lowest BCUT2D eigenvalue weighted by molar-refractivity contribution is 0.0696. The summed E-state index contributed by atoms with van der Waals surface area (Å²) in [6.45, 7) is 0.509. The van der Waals surface area contributed by atoms with E-state index in [2.05, 4.69) is 10.0 Å². The Morgan fingerprint density at radius 2 is 1.64 bits per heavy atom. The van der Waals surface area contributed by atoms with Crippen LogP contribution in [0.1, 0.15) is 21.5 Å². The molecule has 0 aromatic heterocycles. The fraction of sp³-hybridized carbons (Fsp3) is 0.208. The highest BCUT2D eigenvalue weighted by atomic mass is 32.2. The van der Waals surface area contributed by atoms with Crippen molar-refractivity contribution in [2.75, 3.05) is 26.1 Å². The summed E-state index contributed by atoms with van der Waals surface area (Å²) >= 11 is 0. The van der Waals surface area contributed by atoms with Gasteiger partial charge in [0.1, 0.15) is 4.90 Å². The summed E-state index contributed by atoms with van der Waals surface area (Å²) in [5.41, 5.74) is 1.97. The third kappa shape index (κ3) is 6.24. The zero-order valence-corrected chi connectivity index (χ0v) is 19.2. The number of nitrogens with one attached hydrogen (secondary N) is 2. The van der Waals surface area contributed by atoms with Gasteiger partial charge in [-0.05, 0) is 47.9 Å². The number of sulfonamides is 1. The van der Waals surface area contributed by atoms with Crippen molar-refractivity contribution in [2.45, 2.75) is 17.9 Å². The Morgan fingerprint density at radius 1 is 0.909 bits per heavy atom. The number of anilines is 1. The van der Waals surface area contributed by atoms with Gasteiger partial charge in [-0.2, -0.15) is 0 Å². The van der Waals surface area contributed by atoms with Crippen LogP contribution in [-0.2, 0) is 23.0 Å². The van der Waals surface area contributed by atoms with E-state index in [1.165, 1.54) is 12.1 Å². The zero-order chi connectivity index (χ0) is 23.8. The first-order valence-electron chi connectivity index (χ1n) is 10.2. The number of hydrogen-bond acceptors (Lipinski definition) is 6. The van der Waals surface area contributed by atoms with Gasteiger partial charge in [0, 0.05) is 13.1 Å². The molecule has 0 aliphatic heterocycles. The van der Waals surface area contributed by atoms with E-state index in [-0.39, 0.29) is 17.0 Å². The van der Waals surface area contributed by atoms with E-state index in [9.17, 15) is 18.3 Å². The Morgan fingerprint density at radius 3 is 2.30 bits per heavy atom. The number of benzene rings is 3. The third-order valence-corrected chi connectivity index (χ3v) is 6.45. The molecule has 0 aliphatic rings. The van der Waals surface area contributed by atoms with Crippen molar-refractivity contribution >= 4 is 21.7 Å². The summed E-state index contributed by atoms with van der Waals surface area (Å²) in [6.07, 6.45) is 0.581. The number of hydrogen-bond donors (Lipinski definition) is 3. The van der Waals surface area contributed by atoms with Crippen LogP contribution in [0.3, 0.4) is 0 Å². The maximum absolute atomic E-state index is 13.0. The zero-order valence-electron chi connectivity index (χ0n) is 18.4. The van der Waals surface area contributed by atoms with Gasteiger partial charge in [-0.25, -0.2) is 17.9 Å². The van der Waals surface area contributed by atoms with Gasteiger partial charge < -0.3 is 19.9 Å². The summed E-state index contributed by atoms with van der Waals surface area (Å²) in [6, 6.07) is 18.6. The fourth-order valence-corrected chi connectivity index (χ4v) is 4.48. The Labute approximate surface area is 193 Å². The number of ether oxygens (including phenoxy) is 2. The van der Waals surface area contributed by atoms with Gasteiger partial charge in [0.05, 0.1) is 25.5 Å². The number of carboxylic acids is 1. The normalized spacial score (nSPS) is 11.1. The number of carboxylic acid groups (broad SMARTS) is 1. The maximum Gasteiger partial charge on any atom is 0.335 e. The predicted octanol–water partition coefficient (Wildman–Crippen LogP) is 3.54. The lowest BCUT2D eigenvalue weighted by Gasteiger charge is -2.15. The van der Waals surface area contributed by atoms with Crippen molar-refractivity contribution in [1.29, 1.82) is 0 Å². The standard InChI is InChI=1S/C24H26N2O6S/c1-31-21-11-8-17(14-22(21)32-2)12-13-25-20-10-9-19(24(27)28)15-23(20)33(29,30)26-16-18-6-4-3-5-7-18/h3-11,14-15,25-26H,12-13,16H2,1-2H3,(H,27,28). The first-order valence-corrected chi connectivity index (χ1v) is 11.7. The van der Waals surface area contributed by atoms with Crippen molar-refractivity contribution in [1.82, 2.24) is 4.72 Å². The molecular weight excluding hydrogens is 444 g/mol. The van der Waals surface area contributed by atoms with E-state index in [0.717, 1.165) is 17.2 Å². The predicted molar refractivity (Wildman–Crippen MR) is 126 cm³/mol. The smallest absolute Gasteiger partial charge is 0.335 e. The van der Waals surface area contributed by atoms with E-state index >= 15 is 0 Å². The highest BCUT2D eigenvalue weighted by Crippen LogP contribution is 2.28. The van der Waals surface area contributed by atoms with E-state index in [1.807, 2.05) is 30.3 Å². The molecule has 0 amide bonds. The largest absolute Gasteiger partial charge is 0.493 e. The van der Waals surface area contributed by atoms with Gasteiger partial charge in [-0.15, -0.1) is 0 Å². The Balaban J connectivity index is 1.78. The first-order chi connectivity index (χ1) is 15.8. The van der Waals surface area contributed by atoms with Crippen molar-refractivity contribution in [2.24, 2.45) is 0 Å². The second-order valence-electron chi connectivity index (χ2n) is 7.19. The van der Waals surface area contributed by atoms with Crippen LogP contribution in [-0.4, -0.2) is 40.3 Å². The molecule has 3 N–H and O–H groups in total. The van der Waals surface area contributed by atoms with Crippen molar-refractivity contribution < 1.29 is 27.8 Å². The molecule has 33 heavy (non-hydrogen) atoms. The van der Waals surface area contributed by atoms with Crippen LogP contribution in [0.5, 0.6) is 11.5 Å². The molecule has 3 rings (SSSR count). The van der Waals surface area contributed by atoms with Gasteiger partial charge in [0.25, 0.3) is 0 Å². The van der Waals surface area contributed by atoms with Crippen LogP contribution in [0.2, 0.25) is 0 Å². The minimum Gasteiger partial charge on any atom is -0.493 e. The molecular formula is C24H26N2O6S. The quantitative estimate of drug-likeness (QED) is 0.393. The summed E-state index contributed by atoms with van der Waals surface area (Å²) in [5.74, 6) is 0.0249. The average Bonchev–Trinajstić information content (AvgIpc) is 2.83.